The van der Waals surface area contributed by atoms with Crippen molar-refractivity contribution in [3.8, 4) is 0 Å². The zero-order valence-corrected chi connectivity index (χ0v) is 20.9. The fourth-order valence-corrected chi connectivity index (χ4v) is 2.72. The molecular formula is C29H38O6. The van der Waals surface area contributed by atoms with Crippen LogP contribution in [0.25, 0.3) is 0 Å². The number of hydrogen-bond acceptors (Lipinski definition) is 4. The number of allylic oxidation sites excluding steroid dienone is 4. The Morgan fingerprint density at radius 2 is 1.14 bits per heavy atom. The second-order valence-electron chi connectivity index (χ2n) is 7.95. The molecule has 0 saturated heterocycles. The molecule has 2 rings (SSSR count). The number of aliphatic hydroxyl groups is 2. The number of benzene rings is 2. The Balaban J connectivity index is 0.000000538. The third-order valence-electron chi connectivity index (χ3n) is 4.67. The van der Waals surface area contributed by atoms with Gasteiger partial charge in [-0.25, -0.2) is 9.59 Å². The normalized spacial score (nSPS) is 10.8. The van der Waals surface area contributed by atoms with Gasteiger partial charge in [0.2, 0.25) is 0 Å². The summed E-state index contributed by atoms with van der Waals surface area (Å²) in [6, 6.07) is 16.6. The van der Waals surface area contributed by atoms with Crippen molar-refractivity contribution in [1.29, 1.82) is 0 Å². The van der Waals surface area contributed by atoms with Crippen LogP contribution >= 0.6 is 0 Å². The number of aliphatic hydroxyl groups excluding tert-OH is 2. The van der Waals surface area contributed by atoms with E-state index in [4.69, 9.17) is 15.3 Å². The van der Waals surface area contributed by atoms with E-state index in [0.29, 0.717) is 11.1 Å². The van der Waals surface area contributed by atoms with Crippen LogP contribution in [-0.4, -0.2) is 45.6 Å². The molecule has 0 bridgehead atoms. The SMILES string of the molecule is CC(C)=CCCC(=CCCC(C)=CCO)CO.O=C(O)c1ccccc1.O=C(O)c1ccccc1. The molecular weight excluding hydrogens is 444 g/mol. The summed E-state index contributed by atoms with van der Waals surface area (Å²) in [5.74, 6) is -1.76. The minimum atomic E-state index is -0.879. The summed E-state index contributed by atoms with van der Waals surface area (Å²) in [5, 5.41) is 34.7. The molecule has 0 aromatic heterocycles. The maximum Gasteiger partial charge on any atom is 0.335 e. The molecule has 0 spiro atoms. The predicted molar refractivity (Wildman–Crippen MR) is 141 cm³/mol. The molecule has 0 radical (unpaired) electrons. The second kappa shape index (κ2) is 19.9. The van der Waals surface area contributed by atoms with Gasteiger partial charge in [-0.2, -0.15) is 0 Å². The lowest BCUT2D eigenvalue weighted by atomic mass is 10.1. The van der Waals surface area contributed by atoms with Crippen molar-refractivity contribution in [3.63, 3.8) is 0 Å². The molecule has 2 aromatic carbocycles. The highest BCUT2D eigenvalue weighted by Gasteiger charge is 1.98. The maximum atomic E-state index is 10.2. The van der Waals surface area contributed by atoms with Gasteiger partial charge in [0.1, 0.15) is 0 Å². The van der Waals surface area contributed by atoms with Crippen LogP contribution in [0, 0.1) is 0 Å². The molecule has 0 aliphatic heterocycles. The zero-order chi connectivity index (χ0) is 26.5. The lowest BCUT2D eigenvalue weighted by molar-refractivity contribution is 0.0686. The Kier molecular flexibility index (Phi) is 18.0. The van der Waals surface area contributed by atoms with E-state index >= 15 is 0 Å². The van der Waals surface area contributed by atoms with Crippen LogP contribution in [0.15, 0.2) is 95.6 Å². The fraction of sp³-hybridized carbons (Fsp3) is 0.310. The van der Waals surface area contributed by atoms with E-state index in [-0.39, 0.29) is 13.2 Å². The van der Waals surface area contributed by atoms with Crippen LogP contribution in [0.1, 0.15) is 67.2 Å². The summed E-state index contributed by atoms with van der Waals surface area (Å²) in [6.45, 7) is 6.46. The first-order chi connectivity index (χ1) is 16.7. The Labute approximate surface area is 208 Å². The number of carbonyl (C=O) groups is 2. The fourth-order valence-electron chi connectivity index (χ4n) is 2.72. The highest BCUT2D eigenvalue weighted by atomic mass is 16.4. The van der Waals surface area contributed by atoms with Gasteiger partial charge in [0.05, 0.1) is 24.3 Å². The topological polar surface area (TPSA) is 115 Å². The van der Waals surface area contributed by atoms with Gasteiger partial charge in [-0.15, -0.1) is 0 Å². The van der Waals surface area contributed by atoms with Crippen molar-refractivity contribution in [2.75, 3.05) is 13.2 Å². The molecule has 4 N–H and O–H groups in total. The molecule has 0 aliphatic carbocycles. The minimum Gasteiger partial charge on any atom is -0.478 e. The van der Waals surface area contributed by atoms with Gasteiger partial charge in [-0.1, -0.05) is 65.8 Å². The van der Waals surface area contributed by atoms with Crippen molar-refractivity contribution >= 4 is 11.9 Å². The quantitative estimate of drug-likeness (QED) is 0.302. The maximum absolute atomic E-state index is 10.2. The standard InChI is InChI=1S/C15H26O2.2C7H6O2/c1-13(2)6-4-8-15(12-17)9-5-7-14(3)10-11-16;2*8-7(9)6-4-2-1-3-5-6/h6,9-10,16-17H,4-5,7-8,11-12H2,1-3H3;2*1-5H,(H,8,9). The van der Waals surface area contributed by atoms with Crippen molar-refractivity contribution < 1.29 is 30.0 Å². The van der Waals surface area contributed by atoms with E-state index in [1.807, 2.05) is 13.0 Å². The monoisotopic (exact) mass is 482 g/mol. The van der Waals surface area contributed by atoms with Gasteiger partial charge in [-0.05, 0) is 76.3 Å². The number of aromatic carboxylic acids is 2. The van der Waals surface area contributed by atoms with Crippen LogP contribution in [0.3, 0.4) is 0 Å². The first-order valence-electron chi connectivity index (χ1n) is 11.5. The summed E-state index contributed by atoms with van der Waals surface area (Å²) in [7, 11) is 0. The molecule has 2 aromatic rings. The molecule has 0 unspecified atom stereocenters. The van der Waals surface area contributed by atoms with Gasteiger partial charge >= 0.3 is 11.9 Å². The van der Waals surface area contributed by atoms with Crippen molar-refractivity contribution in [2.24, 2.45) is 0 Å². The Morgan fingerprint density at radius 3 is 1.49 bits per heavy atom. The van der Waals surface area contributed by atoms with E-state index in [1.54, 1.807) is 60.7 Å². The van der Waals surface area contributed by atoms with Gasteiger partial charge in [0, 0.05) is 0 Å². The predicted octanol–water partition coefficient (Wildman–Crippen LogP) is 6.14. The largest absolute Gasteiger partial charge is 0.478 e. The van der Waals surface area contributed by atoms with Crippen LogP contribution in [0.4, 0.5) is 0 Å². The molecule has 0 atom stereocenters. The third-order valence-corrected chi connectivity index (χ3v) is 4.67. The average molecular weight is 483 g/mol. The first-order valence-corrected chi connectivity index (χ1v) is 11.5. The highest BCUT2D eigenvalue weighted by molar-refractivity contribution is 5.87. The van der Waals surface area contributed by atoms with E-state index in [0.717, 1.165) is 31.3 Å². The zero-order valence-electron chi connectivity index (χ0n) is 20.9. The third kappa shape index (κ3) is 17.6. The van der Waals surface area contributed by atoms with Crippen LogP contribution in [-0.2, 0) is 0 Å². The van der Waals surface area contributed by atoms with Gasteiger partial charge in [0.15, 0.2) is 0 Å². The smallest absolute Gasteiger partial charge is 0.335 e. The number of rotatable bonds is 10. The minimum absolute atomic E-state index is 0.114. The van der Waals surface area contributed by atoms with Gasteiger partial charge < -0.3 is 20.4 Å². The van der Waals surface area contributed by atoms with Gasteiger partial charge in [0.25, 0.3) is 0 Å². The molecule has 190 valence electrons. The van der Waals surface area contributed by atoms with E-state index < -0.39 is 11.9 Å². The van der Waals surface area contributed by atoms with Crippen molar-refractivity contribution in [1.82, 2.24) is 0 Å². The van der Waals surface area contributed by atoms with Crippen molar-refractivity contribution in [2.45, 2.75) is 46.5 Å². The molecule has 6 heteroatoms. The lowest BCUT2D eigenvalue weighted by Gasteiger charge is -2.03. The Hall–Kier alpha value is -3.48. The second-order valence-corrected chi connectivity index (χ2v) is 7.95. The average Bonchev–Trinajstić information content (AvgIpc) is 2.85. The molecule has 0 saturated carbocycles. The number of carboxylic acids is 2. The molecule has 35 heavy (non-hydrogen) atoms. The van der Waals surface area contributed by atoms with Gasteiger partial charge in [-0.3, -0.25) is 0 Å². The summed E-state index contributed by atoms with van der Waals surface area (Å²) in [5.41, 5.74) is 4.30. The Morgan fingerprint density at radius 1 is 0.686 bits per heavy atom. The summed E-state index contributed by atoms with van der Waals surface area (Å²) >= 11 is 0. The first kappa shape index (κ1) is 31.5. The summed E-state index contributed by atoms with van der Waals surface area (Å²) in [6.07, 6.45) is 9.97. The molecule has 0 heterocycles. The molecule has 0 amide bonds. The van der Waals surface area contributed by atoms with Crippen molar-refractivity contribution in [3.05, 3.63) is 107 Å². The number of hydrogen-bond donors (Lipinski definition) is 4. The van der Waals surface area contributed by atoms with E-state index in [9.17, 15) is 14.7 Å². The molecule has 0 aliphatic rings. The highest BCUT2D eigenvalue weighted by Crippen LogP contribution is 2.11. The van der Waals surface area contributed by atoms with E-state index in [2.05, 4.69) is 26.0 Å². The number of carboxylic acid groups (broad SMARTS) is 2. The summed E-state index contributed by atoms with van der Waals surface area (Å²) in [4.78, 5) is 20.4. The van der Waals surface area contributed by atoms with E-state index in [1.165, 1.54) is 11.1 Å². The van der Waals surface area contributed by atoms with Crippen LogP contribution < -0.4 is 0 Å². The lowest BCUT2D eigenvalue weighted by Crippen LogP contribution is -1.93. The van der Waals surface area contributed by atoms with Crippen LogP contribution in [0.5, 0.6) is 0 Å². The molecule has 6 nitrogen and oxygen atoms in total. The Bertz CT molecular complexity index is 890. The van der Waals surface area contributed by atoms with Crippen LogP contribution in [0.2, 0.25) is 0 Å². The summed E-state index contributed by atoms with van der Waals surface area (Å²) < 4.78 is 0. The molecule has 0 fully saturated rings.